The quantitative estimate of drug-likeness (QED) is 0.604. The highest BCUT2D eigenvalue weighted by molar-refractivity contribution is 5.79. The van der Waals surface area contributed by atoms with Crippen molar-refractivity contribution in [3.63, 3.8) is 0 Å². The smallest absolute Gasteiger partial charge is 0.224 e. The summed E-state index contributed by atoms with van der Waals surface area (Å²) >= 11 is 0. The lowest BCUT2D eigenvalue weighted by atomic mass is 9.94. The van der Waals surface area contributed by atoms with Crippen molar-refractivity contribution in [2.75, 3.05) is 13.2 Å². The molecule has 1 amide bonds. The summed E-state index contributed by atoms with van der Waals surface area (Å²) in [6.45, 7) is 8.43. The molecule has 0 saturated heterocycles. The maximum absolute atomic E-state index is 11.9. The van der Waals surface area contributed by atoms with Crippen molar-refractivity contribution in [3.8, 4) is 0 Å². The molecule has 0 aliphatic carbocycles. The van der Waals surface area contributed by atoms with E-state index < -0.39 is 0 Å². The molecule has 2 unspecified atom stereocenters. The van der Waals surface area contributed by atoms with Crippen molar-refractivity contribution < 1.29 is 9.90 Å². The van der Waals surface area contributed by atoms with E-state index in [2.05, 4.69) is 19.2 Å². The van der Waals surface area contributed by atoms with Crippen LogP contribution < -0.4 is 11.1 Å². The summed E-state index contributed by atoms with van der Waals surface area (Å²) in [5, 5.41) is 12.0. The third-order valence-electron chi connectivity index (χ3n) is 2.72. The number of amides is 1. The van der Waals surface area contributed by atoms with E-state index in [1.54, 1.807) is 0 Å². The monoisotopic (exact) mass is 230 g/mol. The first-order valence-corrected chi connectivity index (χ1v) is 6.03. The Labute approximate surface area is 98.6 Å². The van der Waals surface area contributed by atoms with Crippen LogP contribution in [-0.2, 0) is 4.79 Å². The van der Waals surface area contributed by atoms with Gasteiger partial charge in [-0.25, -0.2) is 0 Å². The van der Waals surface area contributed by atoms with Crippen LogP contribution in [-0.4, -0.2) is 30.2 Å². The summed E-state index contributed by atoms with van der Waals surface area (Å²) in [5.74, 6) is 0.467. The van der Waals surface area contributed by atoms with E-state index in [0.717, 1.165) is 6.42 Å². The molecule has 2 atom stereocenters. The molecule has 4 heteroatoms. The Morgan fingerprint density at radius 1 is 1.31 bits per heavy atom. The predicted molar refractivity (Wildman–Crippen MR) is 65.9 cm³/mol. The van der Waals surface area contributed by atoms with Crippen LogP contribution in [0.2, 0.25) is 0 Å². The molecular weight excluding hydrogens is 204 g/mol. The second-order valence-corrected chi connectivity index (χ2v) is 5.10. The Morgan fingerprint density at radius 2 is 1.88 bits per heavy atom. The standard InChI is InChI=1S/C12H26N2O2/c1-8(2)5-10(7-15)14-12(16)11(6-13)9(3)4/h8-11,15H,5-7,13H2,1-4H3,(H,14,16). The minimum Gasteiger partial charge on any atom is -0.394 e. The molecular formula is C12H26N2O2. The number of nitrogens with one attached hydrogen (secondary N) is 1. The summed E-state index contributed by atoms with van der Waals surface area (Å²) < 4.78 is 0. The van der Waals surface area contributed by atoms with Crippen LogP contribution >= 0.6 is 0 Å². The molecule has 0 aliphatic heterocycles. The van der Waals surface area contributed by atoms with Gasteiger partial charge in [-0.3, -0.25) is 4.79 Å². The fourth-order valence-corrected chi connectivity index (χ4v) is 1.74. The van der Waals surface area contributed by atoms with Gasteiger partial charge < -0.3 is 16.2 Å². The number of hydrogen-bond acceptors (Lipinski definition) is 3. The zero-order chi connectivity index (χ0) is 12.7. The van der Waals surface area contributed by atoms with Gasteiger partial charge in [-0.05, 0) is 18.3 Å². The van der Waals surface area contributed by atoms with E-state index in [1.165, 1.54) is 0 Å². The molecule has 0 fully saturated rings. The molecule has 4 N–H and O–H groups in total. The van der Waals surface area contributed by atoms with Crippen molar-refractivity contribution in [2.24, 2.45) is 23.5 Å². The number of aliphatic hydroxyl groups excluding tert-OH is 1. The van der Waals surface area contributed by atoms with Crippen molar-refractivity contribution in [2.45, 2.75) is 40.2 Å². The van der Waals surface area contributed by atoms with Gasteiger partial charge in [0, 0.05) is 6.54 Å². The molecule has 0 aliphatic rings. The average Bonchev–Trinajstić information content (AvgIpc) is 2.16. The molecule has 0 spiro atoms. The number of aliphatic hydroxyl groups is 1. The highest BCUT2D eigenvalue weighted by Gasteiger charge is 2.23. The maximum atomic E-state index is 11.9. The fourth-order valence-electron chi connectivity index (χ4n) is 1.74. The molecule has 4 nitrogen and oxygen atoms in total. The number of rotatable bonds is 7. The predicted octanol–water partition coefficient (Wildman–Crippen LogP) is 0.741. The van der Waals surface area contributed by atoms with Gasteiger partial charge in [-0.2, -0.15) is 0 Å². The van der Waals surface area contributed by atoms with Crippen LogP contribution in [0.5, 0.6) is 0 Å². The number of nitrogens with two attached hydrogens (primary N) is 1. The molecule has 0 aromatic carbocycles. The first kappa shape index (κ1) is 15.4. The van der Waals surface area contributed by atoms with Gasteiger partial charge >= 0.3 is 0 Å². The minimum absolute atomic E-state index is 0.0146. The average molecular weight is 230 g/mol. The summed E-state index contributed by atoms with van der Waals surface area (Å²) in [6.07, 6.45) is 0.789. The van der Waals surface area contributed by atoms with Crippen LogP contribution in [0, 0.1) is 17.8 Å². The van der Waals surface area contributed by atoms with Gasteiger partial charge in [-0.15, -0.1) is 0 Å². The lowest BCUT2D eigenvalue weighted by Crippen LogP contribution is -2.45. The van der Waals surface area contributed by atoms with E-state index in [9.17, 15) is 9.90 Å². The van der Waals surface area contributed by atoms with E-state index in [-0.39, 0.29) is 30.4 Å². The third kappa shape index (κ3) is 5.47. The topological polar surface area (TPSA) is 75.3 Å². The van der Waals surface area contributed by atoms with Crippen LogP contribution in [0.25, 0.3) is 0 Å². The number of carbonyl (C=O) groups excluding carboxylic acids is 1. The molecule has 0 aromatic heterocycles. The maximum Gasteiger partial charge on any atom is 0.224 e. The van der Waals surface area contributed by atoms with Crippen molar-refractivity contribution in [1.82, 2.24) is 5.32 Å². The van der Waals surface area contributed by atoms with E-state index in [0.29, 0.717) is 12.5 Å². The van der Waals surface area contributed by atoms with Crippen molar-refractivity contribution in [1.29, 1.82) is 0 Å². The van der Waals surface area contributed by atoms with Gasteiger partial charge in [-0.1, -0.05) is 27.7 Å². The van der Waals surface area contributed by atoms with Gasteiger partial charge in [0.25, 0.3) is 0 Å². The second-order valence-electron chi connectivity index (χ2n) is 5.10. The molecule has 0 aromatic rings. The summed E-state index contributed by atoms with van der Waals surface area (Å²) in [4.78, 5) is 11.9. The molecule has 16 heavy (non-hydrogen) atoms. The van der Waals surface area contributed by atoms with Crippen LogP contribution in [0.1, 0.15) is 34.1 Å². The Bertz CT molecular complexity index is 205. The summed E-state index contributed by atoms with van der Waals surface area (Å²) in [7, 11) is 0. The Hall–Kier alpha value is -0.610. The fraction of sp³-hybridized carbons (Fsp3) is 0.917. The first-order valence-electron chi connectivity index (χ1n) is 6.03. The van der Waals surface area contributed by atoms with Crippen LogP contribution in [0.3, 0.4) is 0 Å². The van der Waals surface area contributed by atoms with Gasteiger partial charge in [0.15, 0.2) is 0 Å². The largest absolute Gasteiger partial charge is 0.394 e. The lowest BCUT2D eigenvalue weighted by Gasteiger charge is -2.23. The SMILES string of the molecule is CC(C)CC(CO)NC(=O)C(CN)C(C)C. The van der Waals surface area contributed by atoms with Crippen LogP contribution in [0.4, 0.5) is 0 Å². The highest BCUT2D eigenvalue weighted by Crippen LogP contribution is 2.11. The number of hydrogen-bond donors (Lipinski definition) is 3. The summed E-state index contributed by atoms with van der Waals surface area (Å²) in [6, 6.07) is -0.153. The Morgan fingerprint density at radius 3 is 2.19 bits per heavy atom. The van der Waals surface area contributed by atoms with Gasteiger partial charge in [0.05, 0.1) is 18.6 Å². The Balaban J connectivity index is 4.27. The van der Waals surface area contributed by atoms with Gasteiger partial charge in [0.1, 0.15) is 0 Å². The minimum atomic E-state index is -0.166. The highest BCUT2D eigenvalue weighted by atomic mass is 16.3. The van der Waals surface area contributed by atoms with Crippen molar-refractivity contribution >= 4 is 5.91 Å². The number of carbonyl (C=O) groups is 1. The van der Waals surface area contributed by atoms with Crippen LogP contribution in [0.15, 0.2) is 0 Å². The first-order chi connectivity index (χ1) is 7.42. The third-order valence-corrected chi connectivity index (χ3v) is 2.72. The zero-order valence-electron chi connectivity index (χ0n) is 10.9. The molecule has 96 valence electrons. The van der Waals surface area contributed by atoms with Crippen molar-refractivity contribution in [3.05, 3.63) is 0 Å². The molecule has 0 radical (unpaired) electrons. The van der Waals surface area contributed by atoms with E-state index in [1.807, 2.05) is 13.8 Å². The van der Waals surface area contributed by atoms with E-state index >= 15 is 0 Å². The molecule has 0 bridgehead atoms. The lowest BCUT2D eigenvalue weighted by molar-refractivity contribution is -0.127. The zero-order valence-corrected chi connectivity index (χ0v) is 10.9. The molecule has 0 saturated carbocycles. The van der Waals surface area contributed by atoms with E-state index in [4.69, 9.17) is 5.73 Å². The second kappa shape index (κ2) is 7.63. The normalized spacial score (nSPS) is 15.2. The summed E-state index contributed by atoms with van der Waals surface area (Å²) in [5.41, 5.74) is 5.57. The molecule has 0 rings (SSSR count). The van der Waals surface area contributed by atoms with Gasteiger partial charge in [0.2, 0.25) is 5.91 Å². The Kier molecular flexibility index (Phi) is 7.34. The molecule has 0 heterocycles.